The van der Waals surface area contributed by atoms with Crippen LogP contribution in [-0.2, 0) is 23.8 Å². The van der Waals surface area contributed by atoms with Crippen molar-refractivity contribution in [2.24, 2.45) is 0 Å². The SMILES string of the molecule is CC(C)(C)OC(=O)NC(CCc1nnc(-c2ccc([N+](=O)[O-])c(F)c2)s1)Cc1ccc(C(F)(F)F)nc1. The monoisotopic (exact) mass is 541 g/mol. The molecule has 37 heavy (non-hydrogen) atoms. The summed E-state index contributed by atoms with van der Waals surface area (Å²) in [5, 5.41) is 22.5. The molecule has 0 fully saturated rings. The van der Waals surface area contributed by atoms with Gasteiger partial charge in [0.15, 0.2) is 0 Å². The van der Waals surface area contributed by atoms with Crippen LogP contribution in [0.2, 0.25) is 0 Å². The van der Waals surface area contributed by atoms with E-state index in [2.05, 4.69) is 20.5 Å². The molecule has 0 aliphatic heterocycles. The number of nitro benzene ring substituents is 1. The zero-order valence-electron chi connectivity index (χ0n) is 20.0. The number of ether oxygens (including phenoxy) is 1. The van der Waals surface area contributed by atoms with E-state index in [1.807, 2.05) is 0 Å². The Morgan fingerprint density at radius 2 is 1.92 bits per heavy atom. The number of hydrogen-bond donors (Lipinski definition) is 1. The number of carbonyl (C=O) groups excluding carboxylic acids is 1. The molecule has 0 radical (unpaired) electrons. The number of halogens is 4. The molecule has 0 spiro atoms. The Balaban J connectivity index is 1.72. The average Bonchev–Trinajstić information content (AvgIpc) is 3.25. The van der Waals surface area contributed by atoms with Crippen LogP contribution in [0.3, 0.4) is 0 Å². The number of amides is 1. The van der Waals surface area contributed by atoms with E-state index in [1.54, 1.807) is 20.8 Å². The van der Waals surface area contributed by atoms with Gasteiger partial charge in [-0.2, -0.15) is 17.6 Å². The minimum Gasteiger partial charge on any atom is -0.444 e. The van der Waals surface area contributed by atoms with Gasteiger partial charge in [0.25, 0.3) is 0 Å². The summed E-state index contributed by atoms with van der Waals surface area (Å²) in [6.45, 7) is 5.10. The molecule has 0 aliphatic rings. The molecule has 1 atom stereocenters. The second-order valence-corrected chi connectivity index (χ2v) is 10.1. The van der Waals surface area contributed by atoms with Gasteiger partial charge in [-0.25, -0.2) is 4.79 Å². The van der Waals surface area contributed by atoms with Gasteiger partial charge in [0, 0.05) is 30.3 Å². The van der Waals surface area contributed by atoms with Crippen molar-refractivity contribution in [1.29, 1.82) is 0 Å². The highest BCUT2D eigenvalue weighted by atomic mass is 32.1. The van der Waals surface area contributed by atoms with Crippen molar-refractivity contribution in [3.63, 3.8) is 0 Å². The fraction of sp³-hybridized carbons (Fsp3) is 0.391. The van der Waals surface area contributed by atoms with Crippen molar-refractivity contribution >= 4 is 23.1 Å². The Morgan fingerprint density at radius 3 is 2.49 bits per heavy atom. The number of nitrogens with zero attached hydrogens (tertiary/aromatic N) is 4. The summed E-state index contributed by atoms with van der Waals surface area (Å²) in [7, 11) is 0. The van der Waals surface area contributed by atoms with E-state index in [4.69, 9.17) is 4.74 Å². The number of aromatic nitrogens is 3. The van der Waals surface area contributed by atoms with Crippen molar-refractivity contribution in [3.05, 3.63) is 68.7 Å². The Labute approximate surface area is 213 Å². The lowest BCUT2D eigenvalue weighted by Gasteiger charge is -2.23. The van der Waals surface area contributed by atoms with Gasteiger partial charge < -0.3 is 10.1 Å². The molecule has 14 heteroatoms. The minimum atomic E-state index is -4.56. The molecule has 0 saturated heterocycles. The number of aryl methyl sites for hydroxylation is 1. The third kappa shape index (κ3) is 8.17. The van der Waals surface area contributed by atoms with Crippen molar-refractivity contribution < 1.29 is 32.0 Å². The Kier molecular flexibility index (Phi) is 8.41. The number of rotatable bonds is 8. The third-order valence-electron chi connectivity index (χ3n) is 4.88. The molecule has 2 heterocycles. The Bertz CT molecular complexity index is 1260. The number of nitrogens with one attached hydrogen (secondary N) is 1. The van der Waals surface area contributed by atoms with Crippen LogP contribution in [0.5, 0.6) is 0 Å². The average molecular weight is 542 g/mol. The lowest BCUT2D eigenvalue weighted by atomic mass is 10.0. The number of nitro groups is 1. The predicted molar refractivity (Wildman–Crippen MR) is 126 cm³/mol. The number of alkyl carbamates (subject to hydrolysis) is 1. The predicted octanol–water partition coefficient (Wildman–Crippen LogP) is 5.73. The first-order valence-electron chi connectivity index (χ1n) is 11.0. The summed E-state index contributed by atoms with van der Waals surface area (Å²) in [6, 6.07) is 5.07. The molecule has 1 aromatic carbocycles. The lowest BCUT2D eigenvalue weighted by Crippen LogP contribution is -2.40. The van der Waals surface area contributed by atoms with Crippen LogP contribution in [0, 0.1) is 15.9 Å². The quantitative estimate of drug-likeness (QED) is 0.220. The highest BCUT2D eigenvalue weighted by molar-refractivity contribution is 7.14. The molecule has 3 aromatic rings. The minimum absolute atomic E-state index is 0.184. The van der Waals surface area contributed by atoms with Crippen LogP contribution in [0.1, 0.15) is 43.5 Å². The number of benzene rings is 1. The molecule has 2 aromatic heterocycles. The molecular weight excluding hydrogens is 518 g/mol. The maximum absolute atomic E-state index is 14.0. The molecule has 0 aliphatic carbocycles. The van der Waals surface area contributed by atoms with Crippen molar-refractivity contribution in [2.75, 3.05) is 0 Å². The highest BCUT2D eigenvalue weighted by Gasteiger charge is 2.32. The first-order chi connectivity index (χ1) is 17.2. The molecule has 1 amide bonds. The maximum Gasteiger partial charge on any atom is 0.433 e. The van der Waals surface area contributed by atoms with Gasteiger partial charge >= 0.3 is 18.0 Å². The van der Waals surface area contributed by atoms with Crippen molar-refractivity contribution in [3.8, 4) is 10.6 Å². The summed E-state index contributed by atoms with van der Waals surface area (Å²) >= 11 is 1.15. The topological polar surface area (TPSA) is 120 Å². The van der Waals surface area contributed by atoms with E-state index in [0.29, 0.717) is 34.0 Å². The summed E-state index contributed by atoms with van der Waals surface area (Å²) in [5.74, 6) is -0.994. The van der Waals surface area contributed by atoms with Gasteiger partial charge in [0.1, 0.15) is 21.3 Å². The van der Waals surface area contributed by atoms with Crippen LogP contribution in [0.4, 0.5) is 28.0 Å². The second kappa shape index (κ2) is 11.2. The van der Waals surface area contributed by atoms with E-state index < -0.39 is 46.0 Å². The number of alkyl halides is 3. The zero-order chi connectivity index (χ0) is 27.4. The van der Waals surface area contributed by atoms with Crippen LogP contribution < -0.4 is 5.32 Å². The fourth-order valence-electron chi connectivity index (χ4n) is 3.25. The number of pyridine rings is 1. The number of hydrogen-bond acceptors (Lipinski definition) is 8. The number of carbonyl (C=O) groups is 1. The first-order valence-corrected chi connectivity index (χ1v) is 11.8. The standard InChI is InChI=1S/C23H23F4N5O4S/c1-22(2,3)36-21(33)29-15(10-13-4-8-18(28-12-13)23(25,26)27)6-9-19-30-31-20(37-19)14-5-7-17(32(34)35)16(24)11-14/h4-5,7-8,11-12,15H,6,9-10H2,1-3H3,(H,29,33). The normalized spacial score (nSPS) is 12.7. The maximum atomic E-state index is 14.0. The van der Waals surface area contributed by atoms with Gasteiger partial charge in [0.05, 0.1) is 4.92 Å². The second-order valence-electron chi connectivity index (χ2n) is 9.06. The molecule has 3 rings (SSSR count). The zero-order valence-corrected chi connectivity index (χ0v) is 20.8. The fourth-order valence-corrected chi connectivity index (χ4v) is 4.11. The summed E-state index contributed by atoms with van der Waals surface area (Å²) in [6.07, 6.45) is -3.28. The van der Waals surface area contributed by atoms with E-state index >= 15 is 0 Å². The first kappa shape index (κ1) is 27.9. The molecule has 1 unspecified atom stereocenters. The summed E-state index contributed by atoms with van der Waals surface area (Å²) in [4.78, 5) is 25.8. The Hall–Kier alpha value is -3.68. The van der Waals surface area contributed by atoms with E-state index in [-0.39, 0.29) is 6.42 Å². The molecular formula is C23H23F4N5O4S. The van der Waals surface area contributed by atoms with E-state index in [1.165, 1.54) is 12.1 Å². The molecule has 0 saturated carbocycles. The lowest BCUT2D eigenvalue weighted by molar-refractivity contribution is -0.387. The summed E-state index contributed by atoms with van der Waals surface area (Å²) in [5.41, 5.74) is -1.61. The van der Waals surface area contributed by atoms with Gasteiger partial charge in [-0.1, -0.05) is 17.4 Å². The largest absolute Gasteiger partial charge is 0.444 e. The van der Waals surface area contributed by atoms with Crippen molar-refractivity contribution in [2.45, 2.75) is 57.9 Å². The van der Waals surface area contributed by atoms with Gasteiger partial charge in [0.2, 0.25) is 5.82 Å². The van der Waals surface area contributed by atoms with Crippen LogP contribution in [-0.4, -0.2) is 37.8 Å². The molecule has 198 valence electrons. The molecule has 9 nitrogen and oxygen atoms in total. The Morgan fingerprint density at radius 1 is 1.19 bits per heavy atom. The van der Waals surface area contributed by atoms with Gasteiger partial charge in [-0.05, 0) is 57.4 Å². The van der Waals surface area contributed by atoms with E-state index in [0.717, 1.165) is 35.7 Å². The highest BCUT2D eigenvalue weighted by Crippen LogP contribution is 2.29. The third-order valence-corrected chi connectivity index (χ3v) is 5.92. The van der Waals surface area contributed by atoms with Crippen LogP contribution in [0.25, 0.3) is 10.6 Å². The van der Waals surface area contributed by atoms with Crippen LogP contribution >= 0.6 is 11.3 Å². The molecule has 1 N–H and O–H groups in total. The summed E-state index contributed by atoms with van der Waals surface area (Å²) < 4.78 is 57.7. The molecule has 0 bridgehead atoms. The van der Waals surface area contributed by atoms with Gasteiger partial charge in [-0.3, -0.25) is 15.1 Å². The van der Waals surface area contributed by atoms with Gasteiger partial charge in [-0.15, -0.1) is 10.2 Å². The van der Waals surface area contributed by atoms with Crippen LogP contribution in [0.15, 0.2) is 36.5 Å². The van der Waals surface area contributed by atoms with Crippen molar-refractivity contribution in [1.82, 2.24) is 20.5 Å². The van der Waals surface area contributed by atoms with E-state index in [9.17, 15) is 32.5 Å². The smallest absolute Gasteiger partial charge is 0.433 e.